The molecule has 7 nitrogen and oxygen atoms in total. The van der Waals surface area contributed by atoms with Crippen molar-refractivity contribution < 1.29 is 14.3 Å². The van der Waals surface area contributed by atoms with Crippen LogP contribution < -0.4 is 10.6 Å². The molecule has 0 aromatic rings. The highest BCUT2D eigenvalue weighted by Crippen LogP contribution is 2.02. The Morgan fingerprint density at radius 1 is 1.21 bits per heavy atom. The fourth-order valence-corrected chi connectivity index (χ4v) is 1.92. The number of amides is 3. The minimum absolute atomic E-state index is 0.136. The van der Waals surface area contributed by atoms with Gasteiger partial charge in [0, 0.05) is 45.3 Å². The molecule has 0 radical (unpaired) electrons. The third-order valence-electron chi connectivity index (χ3n) is 2.94. The summed E-state index contributed by atoms with van der Waals surface area (Å²) >= 11 is 0. The number of ether oxygens (including phenoxy) is 1. The number of methoxy groups -OCH3 is 1. The average Bonchev–Trinajstić information content (AvgIpc) is 2.37. The molecule has 0 spiro atoms. The standard InChI is InChI=1S/C12H24N4O3/c1-10(2)14-11(17)13-4-5-15-6-8-16(9-7-15)12(18)19-3/h10H,4-9H2,1-3H3,(H2,13,14,17). The third kappa shape index (κ3) is 5.78. The van der Waals surface area contributed by atoms with Crippen molar-refractivity contribution in [3.05, 3.63) is 0 Å². The Hall–Kier alpha value is -1.50. The summed E-state index contributed by atoms with van der Waals surface area (Å²) in [5, 5.41) is 5.58. The Bertz CT molecular complexity index is 301. The first kappa shape index (κ1) is 15.6. The summed E-state index contributed by atoms with van der Waals surface area (Å²) in [6, 6.07) is 0.00629. The summed E-state index contributed by atoms with van der Waals surface area (Å²) in [7, 11) is 1.39. The van der Waals surface area contributed by atoms with Crippen LogP contribution in [0.4, 0.5) is 9.59 Å². The molecular weight excluding hydrogens is 248 g/mol. The van der Waals surface area contributed by atoms with Crippen LogP contribution in [-0.2, 0) is 4.74 Å². The molecule has 19 heavy (non-hydrogen) atoms. The van der Waals surface area contributed by atoms with Crippen molar-refractivity contribution in [2.75, 3.05) is 46.4 Å². The second-order valence-electron chi connectivity index (χ2n) is 4.85. The first-order valence-electron chi connectivity index (χ1n) is 6.62. The first-order chi connectivity index (χ1) is 9.02. The quantitative estimate of drug-likeness (QED) is 0.760. The van der Waals surface area contributed by atoms with Crippen LogP contribution in [0, 0.1) is 0 Å². The predicted octanol–water partition coefficient (Wildman–Crippen LogP) is 0.0780. The maximum Gasteiger partial charge on any atom is 0.409 e. The van der Waals surface area contributed by atoms with E-state index in [1.165, 1.54) is 7.11 Å². The van der Waals surface area contributed by atoms with E-state index in [1.54, 1.807) is 4.90 Å². The highest BCUT2D eigenvalue weighted by atomic mass is 16.5. The molecule has 0 unspecified atom stereocenters. The lowest BCUT2D eigenvalue weighted by Crippen LogP contribution is -2.50. The van der Waals surface area contributed by atoms with E-state index in [2.05, 4.69) is 20.3 Å². The predicted molar refractivity (Wildman–Crippen MR) is 72.1 cm³/mol. The fourth-order valence-electron chi connectivity index (χ4n) is 1.92. The van der Waals surface area contributed by atoms with E-state index in [4.69, 9.17) is 0 Å². The van der Waals surface area contributed by atoms with Gasteiger partial charge in [-0.1, -0.05) is 0 Å². The van der Waals surface area contributed by atoms with Gasteiger partial charge in [0.25, 0.3) is 0 Å². The molecule has 1 aliphatic rings. The Balaban J connectivity index is 2.13. The molecule has 0 saturated carbocycles. The Morgan fingerprint density at radius 2 is 1.84 bits per heavy atom. The number of nitrogens with zero attached hydrogens (tertiary/aromatic N) is 2. The monoisotopic (exact) mass is 272 g/mol. The Kier molecular flexibility index (Phi) is 6.41. The first-order valence-corrected chi connectivity index (χ1v) is 6.62. The van der Waals surface area contributed by atoms with Crippen LogP contribution in [0.5, 0.6) is 0 Å². The molecule has 0 aliphatic carbocycles. The van der Waals surface area contributed by atoms with Gasteiger partial charge in [0.05, 0.1) is 7.11 Å². The van der Waals surface area contributed by atoms with E-state index >= 15 is 0 Å². The van der Waals surface area contributed by atoms with Crippen molar-refractivity contribution in [2.24, 2.45) is 0 Å². The van der Waals surface area contributed by atoms with Gasteiger partial charge in [0.2, 0.25) is 0 Å². The average molecular weight is 272 g/mol. The van der Waals surface area contributed by atoms with E-state index in [0.717, 1.165) is 19.6 Å². The van der Waals surface area contributed by atoms with Crippen LogP contribution in [0.3, 0.4) is 0 Å². The van der Waals surface area contributed by atoms with E-state index in [9.17, 15) is 9.59 Å². The number of urea groups is 1. The van der Waals surface area contributed by atoms with Gasteiger partial charge < -0.3 is 20.3 Å². The Labute approximate surface area is 114 Å². The summed E-state index contributed by atoms with van der Waals surface area (Å²) in [6.45, 7) is 8.20. The highest BCUT2D eigenvalue weighted by molar-refractivity contribution is 5.74. The van der Waals surface area contributed by atoms with Crippen molar-refractivity contribution in [2.45, 2.75) is 19.9 Å². The number of nitrogens with one attached hydrogen (secondary N) is 2. The van der Waals surface area contributed by atoms with Crippen molar-refractivity contribution in [3.63, 3.8) is 0 Å². The summed E-state index contributed by atoms with van der Waals surface area (Å²) in [4.78, 5) is 26.6. The summed E-state index contributed by atoms with van der Waals surface area (Å²) in [5.41, 5.74) is 0. The van der Waals surface area contributed by atoms with Crippen LogP contribution in [0.1, 0.15) is 13.8 Å². The van der Waals surface area contributed by atoms with Crippen molar-refractivity contribution >= 4 is 12.1 Å². The second-order valence-corrected chi connectivity index (χ2v) is 4.85. The largest absolute Gasteiger partial charge is 0.453 e. The SMILES string of the molecule is COC(=O)N1CCN(CCNC(=O)NC(C)C)CC1. The van der Waals surface area contributed by atoms with Gasteiger partial charge in [-0.25, -0.2) is 9.59 Å². The van der Waals surface area contributed by atoms with Crippen molar-refractivity contribution in [3.8, 4) is 0 Å². The zero-order valence-corrected chi connectivity index (χ0v) is 11.9. The molecule has 1 saturated heterocycles. The van der Waals surface area contributed by atoms with Crippen LogP contribution >= 0.6 is 0 Å². The summed E-state index contributed by atoms with van der Waals surface area (Å²) < 4.78 is 4.68. The second kappa shape index (κ2) is 7.83. The number of piperazine rings is 1. The molecule has 0 bridgehead atoms. The van der Waals surface area contributed by atoms with Gasteiger partial charge >= 0.3 is 12.1 Å². The molecule has 0 aromatic carbocycles. The van der Waals surface area contributed by atoms with Crippen molar-refractivity contribution in [1.82, 2.24) is 20.4 Å². The minimum atomic E-state index is -0.269. The van der Waals surface area contributed by atoms with Crippen LogP contribution in [0.25, 0.3) is 0 Å². The molecule has 1 aliphatic heterocycles. The number of hydrogen-bond donors (Lipinski definition) is 2. The molecule has 0 atom stereocenters. The molecule has 110 valence electrons. The molecule has 1 rings (SSSR count). The molecule has 2 N–H and O–H groups in total. The third-order valence-corrected chi connectivity index (χ3v) is 2.94. The summed E-state index contributed by atoms with van der Waals surface area (Å²) in [5.74, 6) is 0. The number of carbonyl (C=O) groups is 2. The maximum atomic E-state index is 11.4. The van der Waals surface area contributed by atoms with Gasteiger partial charge in [-0.3, -0.25) is 4.90 Å². The van der Waals surface area contributed by atoms with E-state index in [1.807, 2.05) is 13.8 Å². The van der Waals surface area contributed by atoms with Crippen molar-refractivity contribution in [1.29, 1.82) is 0 Å². The van der Waals surface area contributed by atoms with Crippen LogP contribution in [0.2, 0.25) is 0 Å². The smallest absolute Gasteiger partial charge is 0.409 e. The van der Waals surface area contributed by atoms with E-state index in [-0.39, 0.29) is 18.2 Å². The molecule has 0 aromatic heterocycles. The molecule has 3 amide bonds. The molecular formula is C12H24N4O3. The summed E-state index contributed by atoms with van der Waals surface area (Å²) in [6.07, 6.45) is -0.269. The minimum Gasteiger partial charge on any atom is -0.453 e. The van der Waals surface area contributed by atoms with Gasteiger partial charge in [0.15, 0.2) is 0 Å². The van der Waals surface area contributed by atoms with E-state index < -0.39 is 0 Å². The number of hydrogen-bond acceptors (Lipinski definition) is 4. The molecule has 1 heterocycles. The van der Waals surface area contributed by atoms with Gasteiger partial charge in [-0.2, -0.15) is 0 Å². The zero-order chi connectivity index (χ0) is 14.3. The van der Waals surface area contributed by atoms with Crippen LogP contribution in [0.15, 0.2) is 0 Å². The molecule has 7 heteroatoms. The number of carbonyl (C=O) groups excluding carboxylic acids is 2. The van der Waals surface area contributed by atoms with Crippen LogP contribution in [-0.4, -0.2) is 74.3 Å². The lowest BCUT2D eigenvalue weighted by molar-refractivity contribution is 0.0915. The lowest BCUT2D eigenvalue weighted by Gasteiger charge is -2.33. The van der Waals surface area contributed by atoms with E-state index in [0.29, 0.717) is 19.6 Å². The highest BCUT2D eigenvalue weighted by Gasteiger charge is 2.20. The lowest BCUT2D eigenvalue weighted by atomic mass is 10.3. The zero-order valence-electron chi connectivity index (χ0n) is 11.9. The molecule has 1 fully saturated rings. The van der Waals surface area contributed by atoms with Gasteiger partial charge in [0.1, 0.15) is 0 Å². The fraction of sp³-hybridized carbons (Fsp3) is 0.833. The Morgan fingerprint density at radius 3 is 2.37 bits per heavy atom. The topological polar surface area (TPSA) is 73.9 Å². The normalized spacial score (nSPS) is 16.3. The van der Waals surface area contributed by atoms with Gasteiger partial charge in [-0.05, 0) is 13.8 Å². The van der Waals surface area contributed by atoms with Gasteiger partial charge in [-0.15, -0.1) is 0 Å². The maximum absolute atomic E-state index is 11.4. The number of rotatable bonds is 4.